The van der Waals surface area contributed by atoms with Gasteiger partial charge in [0, 0.05) is 22.3 Å². The second-order valence-corrected chi connectivity index (χ2v) is 8.56. The molecular weight excluding hydrogens is 492 g/mol. The number of nitrogens with one attached hydrogen (secondary N) is 2. The molecule has 2 N–H and O–H groups in total. The van der Waals surface area contributed by atoms with E-state index in [0.29, 0.717) is 16.9 Å². The first-order chi connectivity index (χ1) is 15.5. The fourth-order valence-electron chi connectivity index (χ4n) is 2.73. The standard InChI is InChI=1S/C24H27BrN2O6/c1-14(2)33-24(31)17-5-7-18(8-6-17)26-21(28)9-10-23(30)32-13-22(29)27-20-12-15(3)19(25)11-16(20)4/h5-8,11-12,14H,9-10,13H2,1-4H3,(H,26,28)(H,27,29). The van der Waals surface area contributed by atoms with Gasteiger partial charge in [-0.05, 0) is 75.2 Å². The molecule has 0 aromatic heterocycles. The summed E-state index contributed by atoms with van der Waals surface area (Å²) < 4.78 is 11.0. The molecule has 0 saturated heterocycles. The quantitative estimate of drug-likeness (QED) is 0.471. The van der Waals surface area contributed by atoms with E-state index in [1.165, 1.54) is 0 Å². The molecule has 0 aliphatic heterocycles. The normalized spacial score (nSPS) is 10.5. The maximum absolute atomic E-state index is 12.1. The van der Waals surface area contributed by atoms with Crippen molar-refractivity contribution >= 4 is 51.1 Å². The summed E-state index contributed by atoms with van der Waals surface area (Å²) in [6.45, 7) is 6.83. The van der Waals surface area contributed by atoms with Crippen molar-refractivity contribution in [3.05, 3.63) is 57.6 Å². The van der Waals surface area contributed by atoms with Crippen molar-refractivity contribution in [2.75, 3.05) is 17.2 Å². The van der Waals surface area contributed by atoms with E-state index in [-0.39, 0.29) is 18.9 Å². The van der Waals surface area contributed by atoms with Crippen molar-refractivity contribution in [2.45, 2.75) is 46.6 Å². The number of rotatable bonds is 9. The van der Waals surface area contributed by atoms with Crippen LogP contribution in [0.2, 0.25) is 0 Å². The van der Waals surface area contributed by atoms with E-state index < -0.39 is 30.4 Å². The molecule has 0 radical (unpaired) electrons. The van der Waals surface area contributed by atoms with E-state index in [1.54, 1.807) is 38.1 Å². The number of benzene rings is 2. The zero-order chi connectivity index (χ0) is 24.5. The van der Waals surface area contributed by atoms with Gasteiger partial charge in [0.15, 0.2) is 6.61 Å². The summed E-state index contributed by atoms with van der Waals surface area (Å²) in [4.78, 5) is 47.9. The average Bonchev–Trinajstić information content (AvgIpc) is 2.74. The average molecular weight is 519 g/mol. The number of anilines is 2. The smallest absolute Gasteiger partial charge is 0.338 e. The minimum absolute atomic E-state index is 0.109. The van der Waals surface area contributed by atoms with E-state index in [0.717, 1.165) is 15.6 Å². The van der Waals surface area contributed by atoms with Gasteiger partial charge in [0.25, 0.3) is 5.91 Å². The lowest BCUT2D eigenvalue weighted by Crippen LogP contribution is -2.22. The summed E-state index contributed by atoms with van der Waals surface area (Å²) in [5.41, 5.74) is 3.32. The summed E-state index contributed by atoms with van der Waals surface area (Å²) in [5, 5.41) is 5.34. The predicted molar refractivity (Wildman–Crippen MR) is 128 cm³/mol. The van der Waals surface area contributed by atoms with Crippen LogP contribution < -0.4 is 10.6 Å². The molecule has 9 heteroatoms. The second-order valence-electron chi connectivity index (χ2n) is 7.70. The molecule has 0 aliphatic rings. The fraction of sp³-hybridized carbons (Fsp3) is 0.333. The van der Waals surface area contributed by atoms with Gasteiger partial charge in [0.1, 0.15) is 0 Å². The largest absolute Gasteiger partial charge is 0.459 e. The van der Waals surface area contributed by atoms with E-state index in [1.807, 2.05) is 26.0 Å². The predicted octanol–water partition coefficient (Wildman–Crippen LogP) is 4.53. The Balaban J connectivity index is 1.73. The van der Waals surface area contributed by atoms with Crippen LogP contribution in [0.5, 0.6) is 0 Å². The molecule has 0 heterocycles. The Morgan fingerprint density at radius 1 is 0.909 bits per heavy atom. The van der Waals surface area contributed by atoms with E-state index in [4.69, 9.17) is 9.47 Å². The maximum atomic E-state index is 12.1. The Morgan fingerprint density at radius 3 is 2.21 bits per heavy atom. The Labute approximate surface area is 201 Å². The van der Waals surface area contributed by atoms with Gasteiger partial charge in [0.05, 0.1) is 18.1 Å². The van der Waals surface area contributed by atoms with Crippen molar-refractivity contribution in [3.8, 4) is 0 Å². The highest BCUT2D eigenvalue weighted by Gasteiger charge is 2.13. The highest BCUT2D eigenvalue weighted by Crippen LogP contribution is 2.24. The van der Waals surface area contributed by atoms with Gasteiger partial charge in [0.2, 0.25) is 5.91 Å². The molecule has 0 saturated carbocycles. The van der Waals surface area contributed by atoms with Crippen LogP contribution in [0.3, 0.4) is 0 Å². The number of hydrogen-bond acceptors (Lipinski definition) is 6. The number of carbonyl (C=O) groups is 4. The number of aryl methyl sites for hydroxylation is 2. The van der Waals surface area contributed by atoms with Crippen LogP contribution in [-0.4, -0.2) is 36.5 Å². The SMILES string of the molecule is Cc1cc(NC(=O)COC(=O)CCC(=O)Nc2ccc(C(=O)OC(C)C)cc2)c(C)cc1Br. The summed E-state index contributed by atoms with van der Waals surface area (Å²) >= 11 is 3.43. The third-order valence-electron chi connectivity index (χ3n) is 4.45. The molecule has 0 aliphatic carbocycles. The second kappa shape index (κ2) is 12.2. The molecule has 33 heavy (non-hydrogen) atoms. The monoisotopic (exact) mass is 518 g/mol. The zero-order valence-corrected chi connectivity index (χ0v) is 20.6. The summed E-state index contributed by atoms with van der Waals surface area (Å²) in [7, 11) is 0. The van der Waals surface area contributed by atoms with Crippen molar-refractivity contribution in [3.63, 3.8) is 0 Å². The van der Waals surface area contributed by atoms with Crippen molar-refractivity contribution in [2.24, 2.45) is 0 Å². The van der Waals surface area contributed by atoms with Gasteiger partial charge in [-0.25, -0.2) is 4.79 Å². The van der Waals surface area contributed by atoms with Crippen molar-refractivity contribution < 1.29 is 28.7 Å². The molecule has 2 aromatic rings. The number of hydrogen-bond donors (Lipinski definition) is 2. The van der Waals surface area contributed by atoms with Crippen LogP contribution in [0.15, 0.2) is 40.9 Å². The molecular formula is C24H27BrN2O6. The lowest BCUT2D eigenvalue weighted by molar-refractivity contribution is -0.147. The minimum Gasteiger partial charge on any atom is -0.459 e. The molecule has 0 atom stereocenters. The molecule has 0 bridgehead atoms. The molecule has 2 amide bonds. The molecule has 0 spiro atoms. The number of carbonyl (C=O) groups excluding carboxylic acids is 4. The van der Waals surface area contributed by atoms with Crippen LogP contribution >= 0.6 is 15.9 Å². The van der Waals surface area contributed by atoms with Gasteiger partial charge < -0.3 is 20.1 Å². The van der Waals surface area contributed by atoms with Crippen LogP contribution in [0.4, 0.5) is 11.4 Å². The first-order valence-corrected chi connectivity index (χ1v) is 11.2. The van der Waals surface area contributed by atoms with Gasteiger partial charge >= 0.3 is 11.9 Å². The highest BCUT2D eigenvalue weighted by atomic mass is 79.9. The highest BCUT2D eigenvalue weighted by molar-refractivity contribution is 9.10. The van der Waals surface area contributed by atoms with Gasteiger partial charge in [-0.15, -0.1) is 0 Å². The van der Waals surface area contributed by atoms with Crippen LogP contribution in [0.1, 0.15) is 48.2 Å². The topological polar surface area (TPSA) is 111 Å². The number of amides is 2. The van der Waals surface area contributed by atoms with Crippen LogP contribution in [-0.2, 0) is 23.9 Å². The third kappa shape index (κ3) is 8.69. The van der Waals surface area contributed by atoms with Gasteiger partial charge in [-0.1, -0.05) is 15.9 Å². The number of halogens is 1. The number of ether oxygens (including phenoxy) is 2. The third-order valence-corrected chi connectivity index (χ3v) is 5.30. The van der Waals surface area contributed by atoms with Crippen molar-refractivity contribution in [1.29, 1.82) is 0 Å². The molecule has 0 fully saturated rings. The Hall–Kier alpha value is -3.20. The first-order valence-electron chi connectivity index (χ1n) is 10.4. The lowest BCUT2D eigenvalue weighted by Gasteiger charge is -2.11. The van der Waals surface area contributed by atoms with E-state index >= 15 is 0 Å². The summed E-state index contributed by atoms with van der Waals surface area (Å²) in [5.74, 6) is -1.96. The zero-order valence-electron chi connectivity index (χ0n) is 19.0. The maximum Gasteiger partial charge on any atom is 0.338 e. The van der Waals surface area contributed by atoms with Gasteiger partial charge in [-0.2, -0.15) is 0 Å². The summed E-state index contributed by atoms with van der Waals surface area (Å²) in [6, 6.07) is 9.94. The van der Waals surface area contributed by atoms with E-state index in [9.17, 15) is 19.2 Å². The fourth-order valence-corrected chi connectivity index (χ4v) is 3.19. The number of esters is 2. The Bertz CT molecular complexity index is 1030. The van der Waals surface area contributed by atoms with E-state index in [2.05, 4.69) is 26.6 Å². The minimum atomic E-state index is -0.657. The summed E-state index contributed by atoms with van der Waals surface area (Å²) in [6.07, 6.45) is -0.506. The molecule has 8 nitrogen and oxygen atoms in total. The van der Waals surface area contributed by atoms with Crippen molar-refractivity contribution in [1.82, 2.24) is 0 Å². The molecule has 0 unspecified atom stereocenters. The first kappa shape index (κ1) is 26.1. The Kier molecular flexibility index (Phi) is 9.59. The molecule has 176 valence electrons. The molecule has 2 aromatic carbocycles. The van der Waals surface area contributed by atoms with Crippen LogP contribution in [0, 0.1) is 13.8 Å². The Morgan fingerprint density at radius 2 is 1.58 bits per heavy atom. The lowest BCUT2D eigenvalue weighted by atomic mass is 10.1. The van der Waals surface area contributed by atoms with Crippen LogP contribution in [0.25, 0.3) is 0 Å². The van der Waals surface area contributed by atoms with Gasteiger partial charge in [-0.3, -0.25) is 14.4 Å². The molecule has 2 rings (SSSR count).